The Kier molecular flexibility index (Phi) is 7.31. The van der Waals surface area contributed by atoms with E-state index in [2.05, 4.69) is 20.7 Å². The fraction of sp³-hybridized carbons (Fsp3) is 0.200. The summed E-state index contributed by atoms with van der Waals surface area (Å²) in [7, 11) is 1.46. The Morgan fingerprint density at radius 1 is 1.30 bits per heavy atom. The highest BCUT2D eigenvalue weighted by atomic mass is 35.5. The van der Waals surface area contributed by atoms with Gasteiger partial charge in [-0.25, -0.2) is 5.43 Å². The smallest absolute Gasteiger partial charge is 0.250 e. The molecule has 2 N–H and O–H groups in total. The number of amides is 1. The van der Waals surface area contributed by atoms with Gasteiger partial charge in [0.05, 0.1) is 19.1 Å². The van der Waals surface area contributed by atoms with Crippen LogP contribution in [-0.2, 0) is 11.3 Å². The molecule has 10 heteroatoms. The van der Waals surface area contributed by atoms with Crippen LogP contribution in [0.3, 0.4) is 0 Å². The van der Waals surface area contributed by atoms with Crippen LogP contribution in [0.4, 0.5) is 0 Å². The summed E-state index contributed by atoms with van der Waals surface area (Å²) < 4.78 is 6.98. The third-order valence-electron chi connectivity index (χ3n) is 4.07. The van der Waals surface area contributed by atoms with Crippen molar-refractivity contribution in [2.45, 2.75) is 18.6 Å². The number of hydrogen-bond acceptors (Lipinski definition) is 7. The molecule has 1 amide bonds. The molecule has 0 aliphatic heterocycles. The second-order valence-corrected chi connectivity index (χ2v) is 7.45. The molecule has 30 heavy (non-hydrogen) atoms. The van der Waals surface area contributed by atoms with Crippen molar-refractivity contribution in [3.63, 3.8) is 0 Å². The third-order valence-corrected chi connectivity index (χ3v) is 5.29. The number of ether oxygens (including phenoxy) is 1. The van der Waals surface area contributed by atoms with Crippen molar-refractivity contribution in [1.29, 1.82) is 0 Å². The van der Waals surface area contributed by atoms with Gasteiger partial charge in [-0.3, -0.25) is 4.79 Å². The lowest BCUT2D eigenvalue weighted by Gasteiger charge is -2.07. The maximum atomic E-state index is 12.1. The average molecular weight is 446 g/mol. The minimum Gasteiger partial charge on any atom is -0.504 e. The van der Waals surface area contributed by atoms with Gasteiger partial charge in [0.25, 0.3) is 5.91 Å². The van der Waals surface area contributed by atoms with Gasteiger partial charge in [0, 0.05) is 17.1 Å². The zero-order chi connectivity index (χ0) is 21.5. The Morgan fingerprint density at radius 2 is 2.07 bits per heavy atom. The minimum atomic E-state index is -0.277. The zero-order valence-electron chi connectivity index (χ0n) is 16.4. The summed E-state index contributed by atoms with van der Waals surface area (Å²) in [5.74, 6) is 0.941. The maximum Gasteiger partial charge on any atom is 0.250 e. The molecule has 0 saturated carbocycles. The van der Waals surface area contributed by atoms with E-state index >= 15 is 0 Å². The Hall–Kier alpha value is -3.04. The fourth-order valence-corrected chi connectivity index (χ4v) is 3.53. The SMILES string of the molecule is CCn1c(SCC(=O)NN=Cc2ccc(O)c(OC)c2)nnc1-c1ccc(Cl)cc1. The second-order valence-electron chi connectivity index (χ2n) is 6.07. The second kappa shape index (κ2) is 10.1. The molecule has 0 spiro atoms. The van der Waals surface area contributed by atoms with Crippen LogP contribution in [0.1, 0.15) is 12.5 Å². The monoisotopic (exact) mass is 445 g/mol. The van der Waals surface area contributed by atoms with Gasteiger partial charge in [0.15, 0.2) is 22.5 Å². The molecular formula is C20H20ClN5O3S. The van der Waals surface area contributed by atoms with E-state index in [9.17, 15) is 9.90 Å². The average Bonchev–Trinajstić information content (AvgIpc) is 3.17. The van der Waals surface area contributed by atoms with Crippen LogP contribution in [0.15, 0.2) is 52.7 Å². The topological polar surface area (TPSA) is 102 Å². The summed E-state index contributed by atoms with van der Waals surface area (Å²) in [5, 5.41) is 23.3. The highest BCUT2D eigenvalue weighted by Gasteiger charge is 2.14. The number of phenolic OH excluding ortho intramolecular Hbond substituents is 1. The number of halogens is 1. The van der Waals surface area contributed by atoms with Crippen molar-refractivity contribution in [2.24, 2.45) is 5.10 Å². The summed E-state index contributed by atoms with van der Waals surface area (Å²) in [5.41, 5.74) is 4.05. The fourth-order valence-electron chi connectivity index (χ4n) is 2.61. The van der Waals surface area contributed by atoms with Crippen LogP contribution in [0.5, 0.6) is 11.5 Å². The van der Waals surface area contributed by atoms with Gasteiger partial charge in [-0.05, 0) is 55.0 Å². The van der Waals surface area contributed by atoms with Gasteiger partial charge in [-0.15, -0.1) is 10.2 Å². The molecule has 0 fully saturated rings. The summed E-state index contributed by atoms with van der Waals surface area (Å²) in [6.45, 7) is 2.65. The number of carbonyl (C=O) groups is 1. The van der Waals surface area contributed by atoms with Gasteiger partial charge in [0.1, 0.15) is 0 Å². The quantitative estimate of drug-likeness (QED) is 0.312. The molecule has 1 aromatic heterocycles. The molecule has 0 radical (unpaired) electrons. The standard InChI is InChI=1S/C20H20ClN5O3S/c1-3-26-19(14-5-7-15(21)8-6-14)24-25-20(26)30-12-18(28)23-22-11-13-4-9-16(27)17(10-13)29-2/h4-11,27H,3,12H2,1-2H3,(H,23,28). The van der Waals surface area contributed by atoms with Gasteiger partial charge >= 0.3 is 0 Å². The van der Waals surface area contributed by atoms with Crippen molar-refractivity contribution in [2.75, 3.05) is 12.9 Å². The largest absolute Gasteiger partial charge is 0.504 e. The van der Waals surface area contributed by atoms with Crippen molar-refractivity contribution < 1.29 is 14.6 Å². The Bertz CT molecular complexity index is 1050. The summed E-state index contributed by atoms with van der Waals surface area (Å²) in [6.07, 6.45) is 1.47. The number of phenols is 1. The molecule has 1 heterocycles. The first-order valence-electron chi connectivity index (χ1n) is 9.02. The van der Waals surface area contributed by atoms with Crippen molar-refractivity contribution in [1.82, 2.24) is 20.2 Å². The molecule has 0 unspecified atom stereocenters. The Labute approximate surface area is 182 Å². The molecular weight excluding hydrogens is 426 g/mol. The molecule has 0 aliphatic rings. The van der Waals surface area contributed by atoms with Crippen LogP contribution in [0.25, 0.3) is 11.4 Å². The number of thioether (sulfide) groups is 1. The maximum absolute atomic E-state index is 12.1. The van der Waals surface area contributed by atoms with Crippen molar-refractivity contribution >= 4 is 35.5 Å². The predicted molar refractivity (Wildman–Crippen MR) is 117 cm³/mol. The summed E-state index contributed by atoms with van der Waals surface area (Å²) in [4.78, 5) is 12.1. The molecule has 156 valence electrons. The number of rotatable bonds is 8. The lowest BCUT2D eigenvalue weighted by atomic mass is 10.2. The number of benzene rings is 2. The zero-order valence-corrected chi connectivity index (χ0v) is 17.9. The van der Waals surface area contributed by atoms with E-state index in [1.807, 2.05) is 23.6 Å². The normalized spacial score (nSPS) is 11.0. The third kappa shape index (κ3) is 5.31. The summed E-state index contributed by atoms with van der Waals surface area (Å²) >= 11 is 7.22. The lowest BCUT2D eigenvalue weighted by molar-refractivity contribution is -0.118. The van der Waals surface area contributed by atoms with Crippen LogP contribution >= 0.6 is 23.4 Å². The Balaban J connectivity index is 1.59. The number of aromatic nitrogens is 3. The molecule has 8 nitrogen and oxygen atoms in total. The van der Waals surface area contributed by atoms with Crippen LogP contribution in [0, 0.1) is 0 Å². The number of nitrogens with zero attached hydrogens (tertiary/aromatic N) is 4. The van der Waals surface area contributed by atoms with Crippen LogP contribution in [0.2, 0.25) is 5.02 Å². The first-order chi connectivity index (χ1) is 14.5. The van der Waals surface area contributed by atoms with E-state index in [1.54, 1.807) is 24.3 Å². The molecule has 3 aromatic rings. The van der Waals surface area contributed by atoms with Crippen molar-refractivity contribution in [3.8, 4) is 22.9 Å². The van der Waals surface area contributed by atoms with E-state index in [-0.39, 0.29) is 17.4 Å². The van der Waals surface area contributed by atoms with E-state index in [0.29, 0.717) is 28.0 Å². The van der Waals surface area contributed by atoms with Gasteiger partial charge in [0.2, 0.25) is 0 Å². The van der Waals surface area contributed by atoms with E-state index in [0.717, 1.165) is 11.4 Å². The molecule has 2 aromatic carbocycles. The Morgan fingerprint density at radius 3 is 2.77 bits per heavy atom. The van der Waals surface area contributed by atoms with E-state index in [1.165, 1.54) is 31.2 Å². The molecule has 0 atom stereocenters. The number of aromatic hydroxyl groups is 1. The molecule has 3 rings (SSSR count). The first kappa shape index (κ1) is 21.7. The van der Waals surface area contributed by atoms with E-state index < -0.39 is 0 Å². The summed E-state index contributed by atoms with van der Waals surface area (Å²) in [6, 6.07) is 12.1. The number of carbonyl (C=O) groups excluding carboxylic acids is 1. The number of nitrogens with one attached hydrogen (secondary N) is 1. The number of hydrogen-bond donors (Lipinski definition) is 2. The lowest BCUT2D eigenvalue weighted by Crippen LogP contribution is -2.20. The highest BCUT2D eigenvalue weighted by Crippen LogP contribution is 2.26. The first-order valence-corrected chi connectivity index (χ1v) is 10.4. The number of hydrazone groups is 1. The highest BCUT2D eigenvalue weighted by molar-refractivity contribution is 7.99. The van der Waals surface area contributed by atoms with Crippen LogP contribution in [-0.4, -0.2) is 44.9 Å². The molecule has 0 aliphatic carbocycles. The minimum absolute atomic E-state index is 0.0353. The van der Waals surface area contributed by atoms with Crippen molar-refractivity contribution in [3.05, 3.63) is 53.1 Å². The molecule has 0 saturated heterocycles. The van der Waals surface area contributed by atoms with Gasteiger partial charge in [-0.2, -0.15) is 5.10 Å². The predicted octanol–water partition coefficient (Wildman–Crippen LogP) is 3.58. The van der Waals surface area contributed by atoms with Crippen LogP contribution < -0.4 is 10.2 Å². The molecule has 0 bridgehead atoms. The number of methoxy groups -OCH3 is 1. The van der Waals surface area contributed by atoms with Gasteiger partial charge in [-0.1, -0.05) is 23.4 Å². The van der Waals surface area contributed by atoms with Gasteiger partial charge < -0.3 is 14.4 Å². The van der Waals surface area contributed by atoms with E-state index in [4.69, 9.17) is 16.3 Å².